The summed E-state index contributed by atoms with van der Waals surface area (Å²) in [7, 11) is 0. The number of rotatable bonds is 12. The van der Waals surface area contributed by atoms with Crippen molar-refractivity contribution < 1.29 is 0 Å². The lowest BCUT2D eigenvalue weighted by Gasteiger charge is -2.22. The Hall–Kier alpha value is -1.62. The Kier molecular flexibility index (Phi) is 8.02. The molecule has 24 heavy (non-hydrogen) atoms. The number of unbranched alkanes of at least 4 members (excludes halogenated alkanes) is 2. The zero-order valence-corrected chi connectivity index (χ0v) is 15.6. The van der Waals surface area contributed by atoms with E-state index in [1.54, 1.807) is 0 Å². The van der Waals surface area contributed by atoms with Gasteiger partial charge in [0.05, 0.1) is 0 Å². The molecule has 0 atom stereocenters. The molecule has 2 heterocycles. The van der Waals surface area contributed by atoms with E-state index >= 15 is 0 Å². The van der Waals surface area contributed by atoms with Gasteiger partial charge in [0.1, 0.15) is 11.6 Å². The summed E-state index contributed by atoms with van der Waals surface area (Å²) in [6.07, 6.45) is 14.3. The zero-order chi connectivity index (χ0) is 17.2. The van der Waals surface area contributed by atoms with Gasteiger partial charge in [-0.2, -0.15) is 0 Å². The quantitative estimate of drug-likeness (QED) is 0.557. The Morgan fingerprint density at radius 3 is 1.71 bits per heavy atom. The molecule has 0 fully saturated rings. The zero-order valence-electron chi connectivity index (χ0n) is 15.6. The monoisotopic (exact) mass is 331 g/mol. The fraction of sp³-hybridized carbons (Fsp3) is 0.684. The van der Waals surface area contributed by atoms with Crippen molar-refractivity contribution >= 4 is 0 Å². The van der Waals surface area contributed by atoms with Gasteiger partial charge in [0.2, 0.25) is 0 Å². The van der Waals surface area contributed by atoms with Crippen molar-refractivity contribution in [1.29, 1.82) is 0 Å². The number of aryl methyl sites for hydroxylation is 4. The van der Waals surface area contributed by atoms with Crippen LogP contribution in [0.1, 0.15) is 50.7 Å². The fourth-order valence-corrected chi connectivity index (χ4v) is 3.13. The molecule has 5 nitrogen and oxygen atoms in total. The first-order valence-electron chi connectivity index (χ1n) is 9.38. The van der Waals surface area contributed by atoms with Crippen LogP contribution in [0.5, 0.6) is 0 Å². The lowest BCUT2D eigenvalue weighted by molar-refractivity contribution is 0.251. The van der Waals surface area contributed by atoms with Crippen molar-refractivity contribution in [3.05, 3.63) is 36.4 Å². The Balaban J connectivity index is 1.73. The Labute approximate surface area is 146 Å². The maximum atomic E-state index is 4.30. The largest absolute Gasteiger partial charge is 0.335 e. The maximum Gasteiger partial charge on any atom is 0.105 e. The summed E-state index contributed by atoms with van der Waals surface area (Å²) in [6.45, 7) is 12.1. The summed E-state index contributed by atoms with van der Waals surface area (Å²) in [5.41, 5.74) is 0. The number of imidazole rings is 2. The predicted octanol–water partition coefficient (Wildman–Crippen LogP) is 3.67. The summed E-state index contributed by atoms with van der Waals surface area (Å²) in [6, 6.07) is 0. The van der Waals surface area contributed by atoms with E-state index in [-0.39, 0.29) is 0 Å². The lowest BCUT2D eigenvalue weighted by Crippen LogP contribution is -2.28. The van der Waals surface area contributed by atoms with Gasteiger partial charge in [-0.25, -0.2) is 9.97 Å². The second kappa shape index (κ2) is 10.3. The van der Waals surface area contributed by atoms with Gasteiger partial charge in [-0.3, -0.25) is 0 Å². The number of aromatic nitrogens is 4. The van der Waals surface area contributed by atoms with Crippen molar-refractivity contribution in [3.8, 4) is 0 Å². The number of hydrogen-bond donors (Lipinski definition) is 0. The van der Waals surface area contributed by atoms with Crippen molar-refractivity contribution in [2.75, 3.05) is 19.6 Å². The van der Waals surface area contributed by atoms with Crippen LogP contribution in [-0.4, -0.2) is 43.6 Å². The smallest absolute Gasteiger partial charge is 0.105 e. The molecule has 0 radical (unpaired) electrons. The van der Waals surface area contributed by atoms with Gasteiger partial charge in [0, 0.05) is 37.9 Å². The van der Waals surface area contributed by atoms with E-state index in [2.05, 4.69) is 57.2 Å². The normalized spacial score (nSPS) is 11.5. The van der Waals surface area contributed by atoms with Gasteiger partial charge in [-0.15, -0.1) is 0 Å². The maximum absolute atomic E-state index is 4.30. The van der Waals surface area contributed by atoms with Crippen molar-refractivity contribution in [2.45, 2.75) is 66.0 Å². The van der Waals surface area contributed by atoms with Crippen LogP contribution in [0.4, 0.5) is 0 Å². The molecule has 0 amide bonds. The van der Waals surface area contributed by atoms with Crippen LogP contribution >= 0.6 is 0 Å². The van der Waals surface area contributed by atoms with Crippen LogP contribution in [0.2, 0.25) is 0 Å². The van der Waals surface area contributed by atoms with Crippen LogP contribution < -0.4 is 0 Å². The second-order valence-electron chi connectivity index (χ2n) is 6.59. The molecule has 0 unspecified atom stereocenters. The minimum Gasteiger partial charge on any atom is -0.335 e. The highest BCUT2D eigenvalue weighted by Gasteiger charge is 2.06. The molecule has 0 aliphatic carbocycles. The molecule has 0 aliphatic heterocycles. The molecular weight excluding hydrogens is 298 g/mol. The summed E-state index contributed by atoms with van der Waals surface area (Å²) >= 11 is 0. The van der Waals surface area contributed by atoms with Crippen LogP contribution in [0.15, 0.2) is 24.8 Å². The molecule has 0 aromatic carbocycles. The Morgan fingerprint density at radius 2 is 1.29 bits per heavy atom. The van der Waals surface area contributed by atoms with Crippen LogP contribution in [0.25, 0.3) is 0 Å². The summed E-state index contributed by atoms with van der Waals surface area (Å²) in [5.74, 6) is 2.23. The Bertz CT molecular complexity index is 526. The summed E-state index contributed by atoms with van der Waals surface area (Å²) < 4.78 is 4.50. The lowest BCUT2D eigenvalue weighted by atomic mass is 10.2. The van der Waals surface area contributed by atoms with Gasteiger partial charge < -0.3 is 14.0 Å². The molecule has 0 saturated carbocycles. The predicted molar refractivity (Wildman–Crippen MR) is 99.1 cm³/mol. The van der Waals surface area contributed by atoms with E-state index in [0.717, 1.165) is 24.7 Å². The third kappa shape index (κ3) is 6.11. The van der Waals surface area contributed by atoms with E-state index < -0.39 is 0 Å². The molecule has 0 aliphatic rings. The van der Waals surface area contributed by atoms with Crippen molar-refractivity contribution in [2.24, 2.45) is 0 Å². The van der Waals surface area contributed by atoms with Crippen molar-refractivity contribution in [1.82, 2.24) is 24.0 Å². The summed E-state index contributed by atoms with van der Waals surface area (Å²) in [5, 5.41) is 0. The highest BCUT2D eigenvalue weighted by atomic mass is 15.1. The van der Waals surface area contributed by atoms with E-state index in [1.165, 1.54) is 51.7 Å². The van der Waals surface area contributed by atoms with Gasteiger partial charge in [-0.1, -0.05) is 19.8 Å². The molecule has 134 valence electrons. The fourth-order valence-electron chi connectivity index (χ4n) is 3.13. The van der Waals surface area contributed by atoms with Gasteiger partial charge in [0.15, 0.2) is 0 Å². The SMILES string of the molecule is CCCCCN(CCCn1ccnc1C)CCCn1ccnc1C. The molecule has 5 heteroatoms. The highest BCUT2D eigenvalue weighted by molar-refractivity contribution is 4.89. The average molecular weight is 332 g/mol. The molecule has 0 spiro atoms. The molecule has 0 bridgehead atoms. The average Bonchev–Trinajstić information content (AvgIpc) is 3.16. The number of hydrogen-bond acceptors (Lipinski definition) is 3. The van der Waals surface area contributed by atoms with Gasteiger partial charge in [0.25, 0.3) is 0 Å². The van der Waals surface area contributed by atoms with Crippen LogP contribution in [0.3, 0.4) is 0 Å². The second-order valence-corrected chi connectivity index (χ2v) is 6.59. The standard InChI is InChI=1S/C19H33N5/c1-4-5-6-11-22(12-7-14-23-16-9-20-18(23)2)13-8-15-24-17-10-21-19(24)3/h9-10,16-17H,4-8,11-15H2,1-3H3. The van der Waals surface area contributed by atoms with Crippen molar-refractivity contribution in [3.63, 3.8) is 0 Å². The molecule has 0 saturated heterocycles. The van der Waals surface area contributed by atoms with Crippen LogP contribution in [0, 0.1) is 13.8 Å². The Morgan fingerprint density at radius 1 is 0.792 bits per heavy atom. The third-order valence-electron chi connectivity index (χ3n) is 4.67. The third-order valence-corrected chi connectivity index (χ3v) is 4.67. The first-order chi connectivity index (χ1) is 11.7. The minimum atomic E-state index is 1.07. The molecule has 2 aromatic heterocycles. The van der Waals surface area contributed by atoms with E-state index in [9.17, 15) is 0 Å². The van der Waals surface area contributed by atoms with Gasteiger partial charge >= 0.3 is 0 Å². The van der Waals surface area contributed by atoms with Crippen LogP contribution in [-0.2, 0) is 13.1 Å². The van der Waals surface area contributed by atoms with E-state index in [4.69, 9.17) is 0 Å². The molecule has 2 aromatic rings. The molecule has 0 N–H and O–H groups in total. The van der Waals surface area contributed by atoms with E-state index in [1.807, 2.05) is 12.4 Å². The minimum absolute atomic E-state index is 1.07. The first-order valence-corrected chi connectivity index (χ1v) is 9.38. The molecule has 2 rings (SSSR count). The summed E-state index contributed by atoms with van der Waals surface area (Å²) in [4.78, 5) is 11.2. The number of nitrogens with zero attached hydrogens (tertiary/aromatic N) is 5. The highest BCUT2D eigenvalue weighted by Crippen LogP contribution is 2.05. The topological polar surface area (TPSA) is 38.9 Å². The van der Waals surface area contributed by atoms with E-state index in [0.29, 0.717) is 0 Å². The first kappa shape index (κ1) is 18.7. The molecular formula is C19H33N5. The van der Waals surface area contributed by atoms with Gasteiger partial charge in [-0.05, 0) is 52.7 Å².